The van der Waals surface area contributed by atoms with Gasteiger partial charge in [-0.25, -0.2) is 0 Å². The molecule has 0 bridgehead atoms. The highest BCUT2D eigenvalue weighted by molar-refractivity contribution is 5.25. The molecular formula is C16H26N2O. The van der Waals surface area contributed by atoms with Crippen LogP contribution < -0.4 is 5.32 Å². The summed E-state index contributed by atoms with van der Waals surface area (Å²) in [5, 5.41) is 13.5. The Balaban J connectivity index is 2.12. The van der Waals surface area contributed by atoms with Gasteiger partial charge in [0.05, 0.1) is 12.1 Å². The van der Waals surface area contributed by atoms with Gasteiger partial charge in [0.1, 0.15) is 0 Å². The number of hydrogen-bond donors (Lipinski definition) is 2. The molecule has 0 amide bonds. The maximum atomic E-state index is 9.97. The van der Waals surface area contributed by atoms with Gasteiger partial charge in [0.25, 0.3) is 0 Å². The average Bonchev–Trinajstić information content (AvgIpc) is 3.23. The molecule has 0 heterocycles. The van der Waals surface area contributed by atoms with Gasteiger partial charge < -0.3 is 15.3 Å². The fraction of sp³-hybridized carbons (Fsp3) is 0.625. The first-order chi connectivity index (χ1) is 9.20. The van der Waals surface area contributed by atoms with Crippen molar-refractivity contribution in [3.05, 3.63) is 35.9 Å². The van der Waals surface area contributed by atoms with E-state index in [-0.39, 0.29) is 12.1 Å². The van der Waals surface area contributed by atoms with Gasteiger partial charge in [-0.15, -0.1) is 0 Å². The number of hydrogen-bond acceptors (Lipinski definition) is 3. The van der Waals surface area contributed by atoms with E-state index in [9.17, 15) is 5.11 Å². The van der Waals surface area contributed by atoms with Crippen molar-refractivity contribution in [2.75, 3.05) is 33.3 Å². The highest BCUT2D eigenvalue weighted by Crippen LogP contribution is 2.30. The number of likely N-dealkylation sites (N-methyl/N-ethyl adjacent to an activating group) is 2. The third kappa shape index (κ3) is 3.78. The molecule has 1 aromatic rings. The zero-order valence-corrected chi connectivity index (χ0v) is 12.1. The summed E-state index contributed by atoms with van der Waals surface area (Å²) in [6, 6.07) is 10.3. The molecule has 1 fully saturated rings. The molecule has 1 unspecified atom stereocenters. The van der Waals surface area contributed by atoms with Crippen LogP contribution in [0, 0.1) is 5.92 Å². The Morgan fingerprint density at radius 2 is 2.00 bits per heavy atom. The van der Waals surface area contributed by atoms with Crippen molar-refractivity contribution in [3.63, 3.8) is 0 Å². The second kappa shape index (κ2) is 6.51. The fourth-order valence-corrected chi connectivity index (χ4v) is 2.81. The Morgan fingerprint density at radius 3 is 2.53 bits per heavy atom. The topological polar surface area (TPSA) is 35.5 Å². The first kappa shape index (κ1) is 14.5. The highest BCUT2D eigenvalue weighted by Gasteiger charge is 2.33. The van der Waals surface area contributed by atoms with Crippen molar-refractivity contribution in [2.24, 2.45) is 5.92 Å². The van der Waals surface area contributed by atoms with E-state index in [1.807, 2.05) is 18.2 Å². The third-order valence-corrected chi connectivity index (χ3v) is 3.92. The van der Waals surface area contributed by atoms with Gasteiger partial charge in [-0.1, -0.05) is 37.3 Å². The number of nitrogens with one attached hydrogen (secondary N) is 1. The third-order valence-electron chi connectivity index (χ3n) is 3.92. The molecule has 0 aromatic heterocycles. The minimum absolute atomic E-state index is 0.125. The van der Waals surface area contributed by atoms with E-state index in [0.717, 1.165) is 25.6 Å². The lowest BCUT2D eigenvalue weighted by molar-refractivity contribution is 0.117. The predicted octanol–water partition coefficient (Wildman–Crippen LogP) is 1.83. The van der Waals surface area contributed by atoms with Crippen molar-refractivity contribution >= 4 is 0 Å². The molecule has 2 N–H and O–H groups in total. The molecule has 1 aromatic carbocycles. The van der Waals surface area contributed by atoms with Crippen molar-refractivity contribution < 1.29 is 5.11 Å². The van der Waals surface area contributed by atoms with Crippen LogP contribution in [0.3, 0.4) is 0 Å². The van der Waals surface area contributed by atoms with Crippen LogP contribution >= 0.6 is 0 Å². The van der Waals surface area contributed by atoms with Gasteiger partial charge >= 0.3 is 0 Å². The molecule has 19 heavy (non-hydrogen) atoms. The Hall–Kier alpha value is -0.900. The molecule has 3 heteroatoms. The molecule has 0 aliphatic heterocycles. The highest BCUT2D eigenvalue weighted by atomic mass is 16.3. The van der Waals surface area contributed by atoms with Crippen LogP contribution in [0.2, 0.25) is 0 Å². The Kier molecular flexibility index (Phi) is 4.97. The van der Waals surface area contributed by atoms with Gasteiger partial charge in [-0.3, -0.25) is 0 Å². The summed E-state index contributed by atoms with van der Waals surface area (Å²) >= 11 is 0. The number of rotatable bonds is 8. The van der Waals surface area contributed by atoms with Crippen LogP contribution in [-0.2, 0) is 5.54 Å². The van der Waals surface area contributed by atoms with Crippen molar-refractivity contribution in [1.82, 2.24) is 10.2 Å². The molecule has 1 atom stereocenters. The molecule has 3 nitrogen and oxygen atoms in total. The van der Waals surface area contributed by atoms with E-state index in [4.69, 9.17) is 0 Å². The smallest absolute Gasteiger partial charge is 0.0797 e. The van der Waals surface area contributed by atoms with Crippen LogP contribution in [0.25, 0.3) is 0 Å². The van der Waals surface area contributed by atoms with E-state index in [1.165, 1.54) is 18.4 Å². The van der Waals surface area contributed by atoms with Crippen LogP contribution in [0.1, 0.15) is 25.3 Å². The second-order valence-corrected chi connectivity index (χ2v) is 5.78. The summed E-state index contributed by atoms with van der Waals surface area (Å²) in [6.07, 6.45) is 2.73. The summed E-state index contributed by atoms with van der Waals surface area (Å²) < 4.78 is 0. The van der Waals surface area contributed by atoms with E-state index in [1.54, 1.807) is 0 Å². The normalized spacial score (nSPS) is 18.5. The first-order valence-electron chi connectivity index (χ1n) is 7.30. The van der Waals surface area contributed by atoms with Gasteiger partial charge in [-0.2, -0.15) is 0 Å². The Labute approximate surface area is 116 Å². The van der Waals surface area contributed by atoms with Crippen LogP contribution in [0.4, 0.5) is 0 Å². The summed E-state index contributed by atoms with van der Waals surface area (Å²) in [5.74, 6) is 0.874. The Morgan fingerprint density at radius 1 is 1.32 bits per heavy atom. The average molecular weight is 262 g/mol. The molecule has 1 aliphatic carbocycles. The quantitative estimate of drug-likeness (QED) is 0.750. The maximum Gasteiger partial charge on any atom is 0.0797 e. The minimum atomic E-state index is -0.348. The van der Waals surface area contributed by atoms with Crippen molar-refractivity contribution in [3.8, 4) is 0 Å². The van der Waals surface area contributed by atoms with Crippen LogP contribution in [0.15, 0.2) is 30.3 Å². The van der Waals surface area contributed by atoms with Crippen molar-refractivity contribution in [2.45, 2.75) is 25.3 Å². The van der Waals surface area contributed by atoms with Gasteiger partial charge in [0.2, 0.25) is 0 Å². The van der Waals surface area contributed by atoms with Gasteiger partial charge in [0, 0.05) is 13.1 Å². The molecule has 1 aliphatic rings. The summed E-state index contributed by atoms with van der Waals surface area (Å²) in [6.45, 7) is 5.05. The van der Waals surface area contributed by atoms with Crippen LogP contribution in [0.5, 0.6) is 0 Å². The lowest BCUT2D eigenvalue weighted by Crippen LogP contribution is -2.53. The maximum absolute atomic E-state index is 9.97. The Bertz CT molecular complexity index is 378. The fourth-order valence-electron chi connectivity index (χ4n) is 2.81. The first-order valence-corrected chi connectivity index (χ1v) is 7.30. The SMILES string of the molecule is CCNC(CO)(CN(C)CC1CC1)c1ccccc1. The van der Waals surface area contributed by atoms with E-state index in [0.29, 0.717) is 0 Å². The predicted molar refractivity (Wildman–Crippen MR) is 79.1 cm³/mol. The number of aliphatic hydroxyl groups excluding tert-OH is 1. The van der Waals surface area contributed by atoms with Crippen LogP contribution in [-0.4, -0.2) is 43.3 Å². The second-order valence-electron chi connectivity index (χ2n) is 5.78. The summed E-state index contributed by atoms with van der Waals surface area (Å²) in [4.78, 5) is 2.35. The number of aliphatic hydroxyl groups is 1. The molecule has 0 saturated heterocycles. The zero-order valence-electron chi connectivity index (χ0n) is 12.1. The largest absolute Gasteiger partial charge is 0.394 e. The van der Waals surface area contributed by atoms with Crippen molar-refractivity contribution in [1.29, 1.82) is 0 Å². The standard InChI is InChI=1S/C16H26N2O/c1-3-17-16(13-19,15-7-5-4-6-8-15)12-18(2)11-14-9-10-14/h4-8,14,17,19H,3,9-13H2,1-2H3. The molecule has 0 radical (unpaired) electrons. The van der Waals surface area contributed by atoms with E-state index < -0.39 is 0 Å². The minimum Gasteiger partial charge on any atom is -0.394 e. The molecule has 106 valence electrons. The van der Waals surface area contributed by atoms with Gasteiger partial charge in [-0.05, 0) is 37.9 Å². The number of nitrogens with zero attached hydrogens (tertiary/aromatic N) is 1. The molecule has 2 rings (SSSR count). The molecule has 1 saturated carbocycles. The lowest BCUT2D eigenvalue weighted by Gasteiger charge is -2.37. The van der Waals surface area contributed by atoms with Gasteiger partial charge in [0.15, 0.2) is 0 Å². The summed E-state index contributed by atoms with van der Waals surface area (Å²) in [5.41, 5.74) is 0.821. The zero-order chi connectivity index (χ0) is 13.7. The number of benzene rings is 1. The monoisotopic (exact) mass is 262 g/mol. The van der Waals surface area contributed by atoms with E-state index in [2.05, 4.69) is 36.3 Å². The summed E-state index contributed by atoms with van der Waals surface area (Å²) in [7, 11) is 2.16. The molecular weight excluding hydrogens is 236 g/mol. The molecule has 0 spiro atoms. The lowest BCUT2D eigenvalue weighted by atomic mass is 9.89. The van der Waals surface area contributed by atoms with E-state index >= 15 is 0 Å².